The van der Waals surface area contributed by atoms with Crippen molar-refractivity contribution in [1.29, 1.82) is 0 Å². The second-order valence-corrected chi connectivity index (χ2v) is 2.74. The smallest absolute Gasteiger partial charge is 0.223 e. The fourth-order valence-electron chi connectivity index (χ4n) is 1.02. The van der Waals surface area contributed by atoms with Crippen molar-refractivity contribution in [2.45, 2.75) is 20.3 Å². The summed E-state index contributed by atoms with van der Waals surface area (Å²) < 4.78 is 0. The van der Waals surface area contributed by atoms with Crippen LogP contribution in [-0.4, -0.2) is 16.5 Å². The van der Waals surface area contributed by atoms with Crippen LogP contribution in [0.4, 0.5) is 5.95 Å². The van der Waals surface area contributed by atoms with Crippen LogP contribution in [0.5, 0.6) is 0 Å². The predicted molar refractivity (Wildman–Crippen MR) is 53.5 cm³/mol. The minimum absolute atomic E-state index is 0.465. The van der Waals surface area contributed by atoms with Crippen molar-refractivity contribution in [3.63, 3.8) is 0 Å². The summed E-state index contributed by atoms with van der Waals surface area (Å²) in [5, 5.41) is 2.95. The zero-order valence-corrected chi connectivity index (χ0v) is 7.96. The second kappa shape index (κ2) is 4.46. The zero-order chi connectivity index (χ0) is 9.68. The second-order valence-electron chi connectivity index (χ2n) is 2.74. The molecule has 3 nitrogen and oxygen atoms in total. The van der Waals surface area contributed by atoms with E-state index >= 15 is 0 Å². The fourth-order valence-corrected chi connectivity index (χ4v) is 1.02. The van der Waals surface area contributed by atoms with Crippen molar-refractivity contribution >= 4 is 5.95 Å². The Balaban J connectivity index is 2.83. The molecule has 0 amide bonds. The Morgan fingerprint density at radius 2 is 2.31 bits per heavy atom. The van der Waals surface area contributed by atoms with Crippen molar-refractivity contribution < 1.29 is 0 Å². The van der Waals surface area contributed by atoms with Gasteiger partial charge in [0.2, 0.25) is 5.95 Å². The van der Waals surface area contributed by atoms with Crippen molar-refractivity contribution in [3.8, 4) is 12.3 Å². The van der Waals surface area contributed by atoms with Gasteiger partial charge in [-0.1, -0.05) is 12.8 Å². The third-order valence-corrected chi connectivity index (χ3v) is 1.62. The van der Waals surface area contributed by atoms with E-state index in [0.717, 1.165) is 17.8 Å². The van der Waals surface area contributed by atoms with Gasteiger partial charge in [0.05, 0.1) is 6.54 Å². The Morgan fingerprint density at radius 1 is 1.54 bits per heavy atom. The van der Waals surface area contributed by atoms with E-state index in [0.29, 0.717) is 12.5 Å². The quantitative estimate of drug-likeness (QED) is 0.705. The fraction of sp³-hybridized carbons (Fsp3) is 0.400. The first kappa shape index (κ1) is 9.53. The number of nitrogens with zero attached hydrogens (tertiary/aromatic N) is 2. The third-order valence-electron chi connectivity index (χ3n) is 1.62. The highest BCUT2D eigenvalue weighted by molar-refractivity contribution is 5.29. The molecule has 1 rings (SSSR count). The molecule has 0 saturated heterocycles. The monoisotopic (exact) mass is 175 g/mol. The van der Waals surface area contributed by atoms with Crippen LogP contribution >= 0.6 is 0 Å². The lowest BCUT2D eigenvalue weighted by Gasteiger charge is -2.03. The Bertz CT molecular complexity index is 325. The summed E-state index contributed by atoms with van der Waals surface area (Å²) in [5.74, 6) is 3.10. The standard InChI is InChI=1S/C10H13N3/c1-4-6-11-10-12-8(3)7-9(5-2)13-10/h1,7H,5-6H2,2-3H3,(H,11,12,13). The lowest BCUT2D eigenvalue weighted by molar-refractivity contribution is 0.973. The topological polar surface area (TPSA) is 37.8 Å². The average Bonchev–Trinajstić information content (AvgIpc) is 2.14. The highest BCUT2D eigenvalue weighted by atomic mass is 15.1. The molecule has 1 heterocycles. The van der Waals surface area contributed by atoms with Crippen molar-refractivity contribution in [3.05, 3.63) is 17.5 Å². The van der Waals surface area contributed by atoms with Gasteiger partial charge in [-0.3, -0.25) is 0 Å². The molecular formula is C10H13N3. The molecule has 0 atom stereocenters. The molecule has 0 unspecified atom stereocenters. The molecule has 0 aliphatic heterocycles. The maximum Gasteiger partial charge on any atom is 0.223 e. The minimum atomic E-state index is 0.465. The van der Waals surface area contributed by atoms with Crippen LogP contribution in [0.15, 0.2) is 6.07 Å². The lowest BCUT2D eigenvalue weighted by Crippen LogP contribution is -2.05. The van der Waals surface area contributed by atoms with Gasteiger partial charge in [0.15, 0.2) is 0 Å². The number of terminal acetylenes is 1. The van der Waals surface area contributed by atoms with E-state index in [4.69, 9.17) is 6.42 Å². The minimum Gasteiger partial charge on any atom is -0.343 e. The van der Waals surface area contributed by atoms with E-state index in [9.17, 15) is 0 Å². The molecular weight excluding hydrogens is 162 g/mol. The predicted octanol–water partition coefficient (Wildman–Crippen LogP) is 1.39. The van der Waals surface area contributed by atoms with E-state index in [1.807, 2.05) is 13.0 Å². The summed E-state index contributed by atoms with van der Waals surface area (Å²) in [5.41, 5.74) is 2.00. The van der Waals surface area contributed by atoms with Crippen molar-refractivity contribution in [1.82, 2.24) is 9.97 Å². The van der Waals surface area contributed by atoms with Gasteiger partial charge >= 0.3 is 0 Å². The molecule has 0 fully saturated rings. The van der Waals surface area contributed by atoms with Crippen LogP contribution < -0.4 is 5.32 Å². The average molecular weight is 175 g/mol. The number of nitrogens with one attached hydrogen (secondary N) is 1. The largest absolute Gasteiger partial charge is 0.343 e. The Labute approximate surface area is 78.6 Å². The summed E-state index contributed by atoms with van der Waals surface area (Å²) in [6.07, 6.45) is 6.03. The molecule has 0 saturated carbocycles. The molecule has 0 aliphatic rings. The van der Waals surface area contributed by atoms with Crippen LogP contribution in [0, 0.1) is 19.3 Å². The van der Waals surface area contributed by atoms with E-state index in [-0.39, 0.29) is 0 Å². The van der Waals surface area contributed by atoms with Crippen molar-refractivity contribution in [2.75, 3.05) is 11.9 Å². The first-order valence-electron chi connectivity index (χ1n) is 4.28. The molecule has 3 heteroatoms. The van der Waals surface area contributed by atoms with Gasteiger partial charge in [-0.15, -0.1) is 6.42 Å². The maximum atomic E-state index is 5.12. The van der Waals surface area contributed by atoms with E-state index in [1.54, 1.807) is 0 Å². The maximum absolute atomic E-state index is 5.12. The van der Waals surface area contributed by atoms with Gasteiger partial charge in [-0.2, -0.15) is 0 Å². The number of aromatic nitrogens is 2. The summed E-state index contributed by atoms with van der Waals surface area (Å²) in [6.45, 7) is 4.47. The van der Waals surface area contributed by atoms with Crippen LogP contribution in [0.1, 0.15) is 18.3 Å². The summed E-state index contributed by atoms with van der Waals surface area (Å²) >= 11 is 0. The Morgan fingerprint density at radius 3 is 2.92 bits per heavy atom. The number of hydrogen-bond acceptors (Lipinski definition) is 3. The van der Waals surface area contributed by atoms with Gasteiger partial charge in [0, 0.05) is 11.4 Å². The first-order chi connectivity index (χ1) is 6.26. The Hall–Kier alpha value is -1.56. The van der Waals surface area contributed by atoms with Crippen LogP contribution in [-0.2, 0) is 6.42 Å². The van der Waals surface area contributed by atoms with Crippen molar-refractivity contribution in [2.24, 2.45) is 0 Å². The van der Waals surface area contributed by atoms with Gasteiger partial charge in [0.25, 0.3) is 0 Å². The molecule has 0 aliphatic carbocycles. The molecule has 0 bridgehead atoms. The van der Waals surface area contributed by atoms with Gasteiger partial charge in [-0.05, 0) is 19.4 Å². The van der Waals surface area contributed by atoms with Gasteiger partial charge < -0.3 is 5.32 Å². The number of hydrogen-bond donors (Lipinski definition) is 1. The van der Waals surface area contributed by atoms with Gasteiger partial charge in [0.1, 0.15) is 0 Å². The molecule has 0 aromatic carbocycles. The summed E-state index contributed by atoms with van der Waals surface area (Å²) in [6, 6.07) is 1.97. The molecule has 13 heavy (non-hydrogen) atoms. The highest BCUT2D eigenvalue weighted by Gasteiger charge is 1.98. The lowest BCUT2D eigenvalue weighted by atomic mass is 10.3. The normalized spacial score (nSPS) is 9.31. The van der Waals surface area contributed by atoms with Gasteiger partial charge in [-0.25, -0.2) is 9.97 Å². The SMILES string of the molecule is C#CCNc1nc(C)cc(CC)n1. The zero-order valence-electron chi connectivity index (χ0n) is 7.96. The number of aryl methyl sites for hydroxylation is 2. The van der Waals surface area contributed by atoms with Crippen LogP contribution in [0.2, 0.25) is 0 Å². The van der Waals surface area contributed by atoms with Crippen LogP contribution in [0.3, 0.4) is 0 Å². The van der Waals surface area contributed by atoms with E-state index < -0.39 is 0 Å². The molecule has 1 N–H and O–H groups in total. The van der Waals surface area contributed by atoms with Crippen LogP contribution in [0.25, 0.3) is 0 Å². The molecule has 68 valence electrons. The highest BCUT2D eigenvalue weighted by Crippen LogP contribution is 2.04. The molecule has 0 radical (unpaired) electrons. The molecule has 1 aromatic rings. The summed E-state index contributed by atoms with van der Waals surface area (Å²) in [7, 11) is 0. The van der Waals surface area contributed by atoms with E-state index in [2.05, 4.69) is 28.1 Å². The molecule has 1 aromatic heterocycles. The first-order valence-corrected chi connectivity index (χ1v) is 4.28. The third kappa shape index (κ3) is 2.75. The molecule has 0 spiro atoms. The van der Waals surface area contributed by atoms with E-state index in [1.165, 1.54) is 0 Å². The number of rotatable bonds is 3. The summed E-state index contributed by atoms with van der Waals surface area (Å²) in [4.78, 5) is 8.47. The Kier molecular flexibility index (Phi) is 3.27. The number of anilines is 1.